The molecule has 0 N–H and O–H groups in total. The van der Waals surface area contributed by atoms with E-state index >= 15 is 0 Å². The Kier molecular flexibility index (Phi) is 14.0. The molecule has 0 rings (SSSR count). The fourth-order valence-electron chi connectivity index (χ4n) is 0.797. The molecular formula is C6H14MoO2PS3. The van der Waals surface area contributed by atoms with E-state index in [9.17, 15) is 9.79 Å². The van der Waals surface area contributed by atoms with Crippen molar-refractivity contribution in [2.75, 3.05) is 11.5 Å². The summed E-state index contributed by atoms with van der Waals surface area (Å²) >= 11 is 5.98. The molecule has 0 aromatic rings. The van der Waals surface area contributed by atoms with Crippen molar-refractivity contribution in [3.8, 4) is 0 Å². The third-order valence-electron chi connectivity index (χ3n) is 1.20. The molecule has 0 amide bonds. The van der Waals surface area contributed by atoms with Crippen molar-refractivity contribution in [2.45, 2.75) is 26.7 Å². The maximum atomic E-state index is 11.0. The molecule has 79 valence electrons. The van der Waals surface area contributed by atoms with Gasteiger partial charge in [0.1, 0.15) is 0 Å². The number of hydrogen-bond acceptors (Lipinski definition) is 4. The summed E-state index contributed by atoms with van der Waals surface area (Å²) in [7, 11) is 3.57. The number of rotatable bonds is 4. The van der Waals surface area contributed by atoms with Crippen molar-refractivity contribution in [2.24, 2.45) is 0 Å². The first-order chi connectivity index (χ1) is 6.02. The van der Waals surface area contributed by atoms with E-state index in [0.717, 1.165) is 24.3 Å². The maximum absolute atomic E-state index is 11.0. The molecule has 0 heterocycles. The molecule has 7 heteroatoms. The van der Waals surface area contributed by atoms with Gasteiger partial charge in [-0.25, -0.2) is 10.1 Å². The van der Waals surface area contributed by atoms with Crippen molar-refractivity contribution in [1.29, 1.82) is 0 Å². The third-order valence-corrected chi connectivity index (χ3v) is 8.48. The van der Waals surface area contributed by atoms with E-state index in [1.54, 1.807) is 0 Å². The Morgan fingerprint density at radius 2 is 1.54 bits per heavy atom. The summed E-state index contributed by atoms with van der Waals surface area (Å²) in [5.74, 6) is 1.50. The molecule has 0 radical (unpaired) electrons. The first kappa shape index (κ1) is 17.4. The summed E-state index contributed by atoms with van der Waals surface area (Å²) in [6, 6.07) is 0. The van der Waals surface area contributed by atoms with E-state index in [0.29, 0.717) is 0 Å². The van der Waals surface area contributed by atoms with Gasteiger partial charge in [-0.2, -0.15) is 0 Å². The minimum atomic E-state index is -3.45. The molecule has 13 heavy (non-hydrogen) atoms. The second kappa shape index (κ2) is 10.5. The van der Waals surface area contributed by atoms with Gasteiger partial charge in [-0.05, 0) is 24.3 Å². The van der Waals surface area contributed by atoms with Crippen LogP contribution >= 0.6 is 15.5 Å². The molecule has 0 spiro atoms. The Labute approximate surface area is 103 Å². The average molecular weight is 341 g/mol. The molecule has 2 nitrogen and oxygen atoms in total. The Morgan fingerprint density at radius 3 is 1.69 bits per heavy atom. The molecule has 0 aromatic carbocycles. The van der Waals surface area contributed by atoms with Crippen LogP contribution in [0.5, 0.6) is 0 Å². The third kappa shape index (κ3) is 10.2. The SMILES string of the molecule is CCCS(CCC)=P([O-])([O-])[S-].[S]=[Mo+3]. The van der Waals surface area contributed by atoms with Crippen molar-refractivity contribution >= 4 is 37.8 Å². The van der Waals surface area contributed by atoms with Crippen LogP contribution in [0, 0.1) is 0 Å². The topological polar surface area (TPSA) is 46.1 Å². The molecule has 0 aliphatic rings. The van der Waals surface area contributed by atoms with Crippen LogP contribution in [0.1, 0.15) is 26.7 Å². The molecule has 0 aliphatic carbocycles. The quantitative estimate of drug-likeness (QED) is 0.435. The van der Waals surface area contributed by atoms with Gasteiger partial charge in [-0.15, -0.1) is 0 Å². The predicted molar refractivity (Wildman–Crippen MR) is 59.6 cm³/mol. The van der Waals surface area contributed by atoms with Gasteiger partial charge in [-0.3, -0.25) is 0 Å². The molecule has 0 saturated heterocycles. The van der Waals surface area contributed by atoms with Gasteiger partial charge >= 0.3 is 27.8 Å². The summed E-state index contributed by atoms with van der Waals surface area (Å²) in [6.07, 6.45) is 1.82. The minimum absolute atomic E-state index is 0.527. The van der Waals surface area contributed by atoms with E-state index in [4.69, 9.17) is 0 Å². The van der Waals surface area contributed by atoms with Crippen LogP contribution in [0.4, 0.5) is 0 Å². The number of hydrogen-bond donors (Lipinski definition) is 0. The monoisotopic (exact) mass is 343 g/mol. The summed E-state index contributed by atoms with van der Waals surface area (Å²) in [6.45, 7) is 3.97. The van der Waals surface area contributed by atoms with Crippen LogP contribution < -0.4 is 9.79 Å². The van der Waals surface area contributed by atoms with Gasteiger partial charge in [0.15, 0.2) is 0 Å². The van der Waals surface area contributed by atoms with Gasteiger partial charge < -0.3 is 27.7 Å². The van der Waals surface area contributed by atoms with E-state index in [1.165, 1.54) is 18.0 Å². The summed E-state index contributed by atoms with van der Waals surface area (Å²) in [5, 5.41) is 0. The Bertz CT molecular complexity index is 166. The van der Waals surface area contributed by atoms with Crippen molar-refractivity contribution in [3.63, 3.8) is 0 Å². The molecule has 0 saturated carbocycles. The predicted octanol–water partition coefficient (Wildman–Crippen LogP) is 1.02. The van der Waals surface area contributed by atoms with Crippen LogP contribution in [0.15, 0.2) is 0 Å². The zero-order valence-corrected chi connectivity index (χ0v) is 13.1. The fourth-order valence-corrected chi connectivity index (χ4v) is 6.17. The Hall–Kier alpha value is 1.96. The van der Waals surface area contributed by atoms with E-state index < -0.39 is 15.8 Å². The van der Waals surface area contributed by atoms with Gasteiger partial charge in [0.2, 0.25) is 0 Å². The molecule has 0 bridgehead atoms. The summed E-state index contributed by atoms with van der Waals surface area (Å²) < 4.78 is 0. The van der Waals surface area contributed by atoms with Crippen LogP contribution in [-0.4, -0.2) is 11.5 Å². The van der Waals surface area contributed by atoms with Gasteiger partial charge in [0.05, 0.1) is 0 Å². The molecule has 0 aromatic heterocycles. The summed E-state index contributed by atoms with van der Waals surface area (Å²) in [4.78, 5) is 21.9. The Balaban J connectivity index is 0. The molecule has 0 fully saturated rings. The standard InChI is InChI=1S/C6H14O2PS2.Mo.S/c1-3-5-11(6-4-2)9(7,8)10;;/h3-6H2,1-2H3;;/q-3;+3;. The summed E-state index contributed by atoms with van der Waals surface area (Å²) in [5.41, 5.74) is -3.45. The second-order valence-corrected chi connectivity index (χ2v) is 10.1. The normalized spacial score (nSPS) is 11.1. The van der Waals surface area contributed by atoms with E-state index in [1.807, 2.05) is 13.8 Å². The van der Waals surface area contributed by atoms with Crippen LogP contribution in [-0.2, 0) is 40.3 Å². The van der Waals surface area contributed by atoms with E-state index in [-0.39, 0.29) is 0 Å². The average Bonchev–Trinajstić information content (AvgIpc) is 2.06. The van der Waals surface area contributed by atoms with Gasteiger partial charge in [0.25, 0.3) is 0 Å². The van der Waals surface area contributed by atoms with Crippen LogP contribution in [0.2, 0.25) is 0 Å². The zero-order chi connectivity index (χ0) is 10.9. The zero-order valence-electron chi connectivity index (χ0n) is 7.73. The first-order valence-electron chi connectivity index (χ1n) is 3.89. The fraction of sp³-hybridized carbons (Fsp3) is 1.00. The second-order valence-electron chi connectivity index (χ2n) is 2.32. The molecule has 0 aliphatic heterocycles. The first-order valence-corrected chi connectivity index (χ1v) is 11.5. The molecular weight excluding hydrogens is 327 g/mol. The van der Waals surface area contributed by atoms with Crippen molar-refractivity contribution in [3.05, 3.63) is 0 Å². The van der Waals surface area contributed by atoms with Crippen molar-refractivity contribution in [1.82, 2.24) is 0 Å². The van der Waals surface area contributed by atoms with E-state index in [2.05, 4.69) is 22.1 Å². The van der Waals surface area contributed by atoms with Gasteiger partial charge in [0, 0.05) is 0 Å². The molecule has 0 atom stereocenters. The van der Waals surface area contributed by atoms with Gasteiger partial charge in [-0.1, -0.05) is 13.8 Å². The van der Waals surface area contributed by atoms with Crippen molar-refractivity contribution < 1.29 is 27.8 Å². The van der Waals surface area contributed by atoms with Crippen LogP contribution in [0.3, 0.4) is 0 Å². The van der Waals surface area contributed by atoms with Crippen LogP contribution in [0.25, 0.3) is 0 Å². The Morgan fingerprint density at radius 1 is 1.23 bits per heavy atom. The molecule has 0 unspecified atom stereocenters.